The second-order valence-electron chi connectivity index (χ2n) is 6.97. The molecule has 0 saturated carbocycles. The molecule has 1 aromatic heterocycles. The van der Waals surface area contributed by atoms with E-state index in [1.165, 1.54) is 29.5 Å². The van der Waals surface area contributed by atoms with Crippen molar-refractivity contribution in [3.63, 3.8) is 0 Å². The lowest BCUT2D eigenvalue weighted by molar-refractivity contribution is 0.102. The molecule has 2 N–H and O–H groups in total. The van der Waals surface area contributed by atoms with Crippen LogP contribution >= 0.6 is 11.3 Å². The number of para-hydroxylation sites is 1. The van der Waals surface area contributed by atoms with E-state index in [-0.39, 0.29) is 17.0 Å². The highest BCUT2D eigenvalue weighted by Gasteiger charge is 2.27. The number of aromatic nitrogens is 2. The molecule has 4 rings (SSSR count). The number of hydrogen-bond acceptors (Lipinski definition) is 5. The van der Waals surface area contributed by atoms with Gasteiger partial charge < -0.3 is 15.5 Å². The average Bonchev–Trinajstić information content (AvgIpc) is 3.25. The minimum atomic E-state index is -0.422. The first kappa shape index (κ1) is 20.0. The van der Waals surface area contributed by atoms with Gasteiger partial charge in [-0.1, -0.05) is 35.6 Å². The first-order valence-electron chi connectivity index (χ1n) is 9.60. The lowest BCUT2D eigenvalue weighted by atomic mass is 9.98. The number of nitrogens with zero attached hydrogens (tertiary/aromatic N) is 3. The van der Waals surface area contributed by atoms with Gasteiger partial charge in [-0.15, -0.1) is 10.2 Å². The van der Waals surface area contributed by atoms with Crippen molar-refractivity contribution in [2.24, 2.45) is 0 Å². The number of piperidine rings is 1. The number of benzene rings is 2. The van der Waals surface area contributed by atoms with E-state index >= 15 is 0 Å². The van der Waals surface area contributed by atoms with Gasteiger partial charge in [-0.05, 0) is 43.2 Å². The smallest absolute Gasteiger partial charge is 0.321 e. The average molecular weight is 425 g/mol. The normalized spacial score (nSPS) is 14.4. The van der Waals surface area contributed by atoms with Crippen molar-refractivity contribution >= 4 is 34.6 Å². The van der Waals surface area contributed by atoms with E-state index in [0.29, 0.717) is 18.8 Å². The van der Waals surface area contributed by atoms with Gasteiger partial charge in [0.25, 0.3) is 5.91 Å². The number of anilines is 2. The number of carbonyl (C=O) groups excluding carboxylic acids is 2. The van der Waals surface area contributed by atoms with Crippen LogP contribution in [0.4, 0.5) is 20.6 Å². The van der Waals surface area contributed by atoms with E-state index in [1.807, 2.05) is 30.3 Å². The van der Waals surface area contributed by atoms with Crippen LogP contribution in [0, 0.1) is 5.82 Å². The largest absolute Gasteiger partial charge is 0.324 e. The van der Waals surface area contributed by atoms with Crippen molar-refractivity contribution in [2.75, 3.05) is 23.7 Å². The number of hydrogen-bond donors (Lipinski definition) is 2. The molecule has 1 aliphatic heterocycles. The molecule has 9 heteroatoms. The number of amides is 3. The van der Waals surface area contributed by atoms with Gasteiger partial charge in [0.1, 0.15) is 10.8 Å². The minimum absolute atomic E-state index is 0.118. The Morgan fingerprint density at radius 3 is 2.43 bits per heavy atom. The van der Waals surface area contributed by atoms with Crippen LogP contribution in [0.15, 0.2) is 54.6 Å². The van der Waals surface area contributed by atoms with Gasteiger partial charge in [0, 0.05) is 30.4 Å². The highest BCUT2D eigenvalue weighted by molar-refractivity contribution is 7.13. The number of urea groups is 1. The Kier molecular flexibility index (Phi) is 5.99. The first-order valence-corrected chi connectivity index (χ1v) is 10.4. The second kappa shape index (κ2) is 9.00. The van der Waals surface area contributed by atoms with Crippen LogP contribution in [-0.2, 0) is 0 Å². The lowest BCUT2D eigenvalue weighted by Crippen LogP contribution is -2.40. The van der Waals surface area contributed by atoms with Crippen LogP contribution < -0.4 is 10.6 Å². The predicted octanol–water partition coefficient (Wildman–Crippen LogP) is 4.34. The molecule has 2 aromatic carbocycles. The first-order chi connectivity index (χ1) is 14.6. The highest BCUT2D eigenvalue weighted by Crippen LogP contribution is 2.30. The molecular formula is C21H20FN5O2S. The monoisotopic (exact) mass is 425 g/mol. The van der Waals surface area contributed by atoms with Crippen molar-refractivity contribution in [1.82, 2.24) is 15.1 Å². The molecule has 154 valence electrons. The number of carbonyl (C=O) groups is 2. The molecule has 30 heavy (non-hydrogen) atoms. The van der Waals surface area contributed by atoms with Crippen molar-refractivity contribution in [2.45, 2.75) is 18.8 Å². The molecule has 0 aliphatic carbocycles. The van der Waals surface area contributed by atoms with Crippen molar-refractivity contribution < 1.29 is 14.0 Å². The van der Waals surface area contributed by atoms with E-state index < -0.39 is 11.7 Å². The third-order valence-corrected chi connectivity index (χ3v) is 5.96. The van der Waals surface area contributed by atoms with E-state index in [9.17, 15) is 14.0 Å². The summed E-state index contributed by atoms with van der Waals surface area (Å²) in [6.07, 6.45) is 1.50. The summed E-state index contributed by atoms with van der Waals surface area (Å²) in [5.74, 6) is -0.683. The highest BCUT2D eigenvalue weighted by atomic mass is 32.1. The van der Waals surface area contributed by atoms with Crippen LogP contribution in [-0.4, -0.2) is 40.1 Å². The summed E-state index contributed by atoms with van der Waals surface area (Å²) in [5.41, 5.74) is 1.14. The van der Waals surface area contributed by atoms with E-state index in [1.54, 1.807) is 11.0 Å². The Labute approximate surface area is 176 Å². The Bertz CT molecular complexity index is 1030. The topological polar surface area (TPSA) is 87.2 Å². The number of halogens is 1. The zero-order chi connectivity index (χ0) is 20.9. The molecule has 7 nitrogen and oxygen atoms in total. The molecular weight excluding hydrogens is 405 g/mol. The molecule has 1 saturated heterocycles. The SMILES string of the molecule is O=C(Nc1cccc(F)c1)c1nnc(C2CCN(C(=O)Nc3ccccc3)CC2)s1. The van der Waals surface area contributed by atoms with Crippen LogP contribution in [0.25, 0.3) is 0 Å². The summed E-state index contributed by atoms with van der Waals surface area (Å²) < 4.78 is 13.3. The molecule has 3 aromatic rings. The molecule has 0 spiro atoms. The Morgan fingerprint density at radius 2 is 1.70 bits per heavy atom. The molecule has 0 radical (unpaired) electrons. The van der Waals surface area contributed by atoms with Crippen LogP contribution in [0.2, 0.25) is 0 Å². The standard InChI is InChI=1S/C21H20FN5O2S/c22-15-5-4-8-17(13-15)23-18(28)20-26-25-19(30-20)14-9-11-27(12-10-14)21(29)24-16-6-2-1-3-7-16/h1-8,13-14H,9-12H2,(H,23,28)(H,24,29). The Hall–Kier alpha value is -3.33. The van der Waals surface area contributed by atoms with Gasteiger partial charge in [-0.25, -0.2) is 9.18 Å². The maximum atomic E-state index is 13.3. The third kappa shape index (κ3) is 4.80. The Balaban J connectivity index is 1.31. The van der Waals surface area contributed by atoms with E-state index in [2.05, 4.69) is 20.8 Å². The maximum Gasteiger partial charge on any atom is 0.321 e. The van der Waals surface area contributed by atoms with E-state index in [0.717, 1.165) is 23.5 Å². The predicted molar refractivity (Wildman–Crippen MR) is 113 cm³/mol. The lowest BCUT2D eigenvalue weighted by Gasteiger charge is -2.30. The summed E-state index contributed by atoms with van der Waals surface area (Å²) in [6.45, 7) is 1.21. The minimum Gasteiger partial charge on any atom is -0.324 e. The molecule has 2 heterocycles. The molecule has 0 unspecified atom stereocenters. The number of rotatable bonds is 4. The zero-order valence-electron chi connectivity index (χ0n) is 16.0. The Morgan fingerprint density at radius 1 is 0.967 bits per heavy atom. The van der Waals surface area contributed by atoms with Gasteiger partial charge in [0.15, 0.2) is 0 Å². The molecule has 0 atom stereocenters. The van der Waals surface area contributed by atoms with Crippen molar-refractivity contribution in [3.8, 4) is 0 Å². The molecule has 0 bridgehead atoms. The van der Waals surface area contributed by atoms with Gasteiger partial charge in [-0.3, -0.25) is 4.79 Å². The molecule has 1 aliphatic rings. The van der Waals surface area contributed by atoms with Gasteiger partial charge in [0.2, 0.25) is 5.01 Å². The fraction of sp³-hybridized carbons (Fsp3) is 0.238. The number of nitrogens with one attached hydrogen (secondary N) is 2. The zero-order valence-corrected chi connectivity index (χ0v) is 16.9. The molecule has 1 fully saturated rings. The van der Waals surface area contributed by atoms with E-state index in [4.69, 9.17) is 0 Å². The van der Waals surface area contributed by atoms with Crippen LogP contribution in [0.5, 0.6) is 0 Å². The fourth-order valence-electron chi connectivity index (χ4n) is 3.30. The van der Waals surface area contributed by atoms with Gasteiger partial charge in [-0.2, -0.15) is 0 Å². The summed E-state index contributed by atoms with van der Waals surface area (Å²) >= 11 is 1.24. The second-order valence-corrected chi connectivity index (χ2v) is 7.98. The molecule has 3 amide bonds. The fourth-order valence-corrected chi connectivity index (χ4v) is 4.20. The summed E-state index contributed by atoms with van der Waals surface area (Å²) in [5, 5.41) is 14.7. The summed E-state index contributed by atoms with van der Waals surface area (Å²) in [4.78, 5) is 26.5. The summed E-state index contributed by atoms with van der Waals surface area (Å²) in [7, 11) is 0. The van der Waals surface area contributed by atoms with Crippen molar-refractivity contribution in [1.29, 1.82) is 0 Å². The van der Waals surface area contributed by atoms with Crippen LogP contribution in [0.1, 0.15) is 33.6 Å². The summed E-state index contributed by atoms with van der Waals surface area (Å²) in [6, 6.07) is 14.9. The van der Waals surface area contributed by atoms with Gasteiger partial charge >= 0.3 is 6.03 Å². The quantitative estimate of drug-likeness (QED) is 0.651. The van der Waals surface area contributed by atoms with Gasteiger partial charge in [0.05, 0.1) is 0 Å². The maximum absolute atomic E-state index is 13.3. The van der Waals surface area contributed by atoms with Crippen molar-refractivity contribution in [3.05, 3.63) is 70.4 Å². The number of likely N-dealkylation sites (tertiary alicyclic amines) is 1. The van der Waals surface area contributed by atoms with Crippen LogP contribution in [0.3, 0.4) is 0 Å². The third-order valence-electron chi connectivity index (χ3n) is 4.87.